The first-order valence-corrected chi connectivity index (χ1v) is 8.92. The van der Waals surface area contributed by atoms with E-state index in [4.69, 9.17) is 4.74 Å². The van der Waals surface area contributed by atoms with Gasteiger partial charge >= 0.3 is 0 Å². The highest BCUT2D eigenvalue weighted by molar-refractivity contribution is 5.91. The fourth-order valence-corrected chi connectivity index (χ4v) is 3.11. The average Bonchev–Trinajstić information content (AvgIpc) is 2.67. The predicted octanol–water partition coefficient (Wildman–Crippen LogP) is 0.842. The molecule has 2 heterocycles. The molecule has 2 aliphatic heterocycles. The number of rotatable bonds is 4. The molecule has 0 saturated carbocycles. The van der Waals surface area contributed by atoms with Crippen LogP contribution in [0.3, 0.4) is 0 Å². The highest BCUT2D eigenvalue weighted by Crippen LogP contribution is 2.08. The van der Waals surface area contributed by atoms with Crippen LogP contribution < -0.4 is 0 Å². The number of benzene rings is 1. The number of hydrogen-bond acceptors (Lipinski definition) is 4. The lowest BCUT2D eigenvalue weighted by Gasteiger charge is -2.35. The third-order valence-corrected chi connectivity index (χ3v) is 4.67. The summed E-state index contributed by atoms with van der Waals surface area (Å²) in [7, 11) is 0. The zero-order chi connectivity index (χ0) is 18.4. The summed E-state index contributed by atoms with van der Waals surface area (Å²) < 4.78 is 18.4. The Morgan fingerprint density at radius 1 is 1.04 bits per heavy atom. The molecule has 2 amide bonds. The normalized spacial score (nSPS) is 19.1. The number of nitrogens with zero attached hydrogens (tertiary/aromatic N) is 3. The molecule has 2 fully saturated rings. The molecular weight excluding hydrogens is 337 g/mol. The van der Waals surface area contributed by atoms with Gasteiger partial charge in [-0.15, -0.1) is 0 Å². The number of ether oxygens (including phenoxy) is 1. The van der Waals surface area contributed by atoms with E-state index < -0.39 is 0 Å². The second kappa shape index (κ2) is 8.91. The molecule has 1 aromatic rings. The first-order chi connectivity index (χ1) is 12.6. The van der Waals surface area contributed by atoms with E-state index in [0.717, 1.165) is 0 Å². The second-order valence-electron chi connectivity index (χ2n) is 6.48. The van der Waals surface area contributed by atoms with Gasteiger partial charge in [0.2, 0.25) is 11.8 Å². The minimum atomic E-state index is -0.321. The molecule has 2 aliphatic rings. The van der Waals surface area contributed by atoms with Gasteiger partial charge in [0, 0.05) is 45.3 Å². The molecular formula is C19H24FN3O3. The highest BCUT2D eigenvalue weighted by atomic mass is 19.1. The van der Waals surface area contributed by atoms with Crippen LogP contribution in [0.2, 0.25) is 0 Å². The van der Waals surface area contributed by atoms with Crippen molar-refractivity contribution < 1.29 is 18.7 Å². The first kappa shape index (κ1) is 18.5. The van der Waals surface area contributed by atoms with E-state index in [1.807, 2.05) is 4.90 Å². The van der Waals surface area contributed by atoms with E-state index >= 15 is 0 Å². The summed E-state index contributed by atoms with van der Waals surface area (Å²) in [6.07, 6.45) is 3.10. The molecule has 7 heteroatoms. The lowest BCUT2D eigenvalue weighted by Crippen LogP contribution is -2.52. The Morgan fingerprint density at radius 3 is 2.46 bits per heavy atom. The SMILES string of the molecule is O=C(C=Cc1cccc(F)c1)N1CCN(CC(=O)N2CCOCC2)CC1. The van der Waals surface area contributed by atoms with Gasteiger partial charge in [-0.3, -0.25) is 14.5 Å². The van der Waals surface area contributed by atoms with Crippen LogP contribution in [-0.2, 0) is 14.3 Å². The van der Waals surface area contributed by atoms with Gasteiger partial charge in [-0.05, 0) is 23.8 Å². The van der Waals surface area contributed by atoms with E-state index in [1.54, 1.807) is 23.1 Å². The fourth-order valence-electron chi connectivity index (χ4n) is 3.11. The van der Waals surface area contributed by atoms with Gasteiger partial charge in [-0.1, -0.05) is 12.1 Å². The predicted molar refractivity (Wildman–Crippen MR) is 95.9 cm³/mol. The third kappa shape index (κ3) is 5.12. The van der Waals surface area contributed by atoms with Gasteiger partial charge in [0.1, 0.15) is 5.82 Å². The van der Waals surface area contributed by atoms with Crippen LogP contribution >= 0.6 is 0 Å². The van der Waals surface area contributed by atoms with Gasteiger partial charge in [-0.2, -0.15) is 0 Å². The molecule has 0 atom stereocenters. The molecule has 0 spiro atoms. The monoisotopic (exact) mass is 361 g/mol. The van der Waals surface area contributed by atoms with Crippen molar-refractivity contribution >= 4 is 17.9 Å². The summed E-state index contributed by atoms with van der Waals surface area (Å²) in [5, 5.41) is 0. The second-order valence-corrected chi connectivity index (χ2v) is 6.48. The summed E-state index contributed by atoms with van der Waals surface area (Å²) in [5.74, 6) is -0.286. The van der Waals surface area contributed by atoms with Crippen LogP contribution in [0.1, 0.15) is 5.56 Å². The Morgan fingerprint density at radius 2 is 1.77 bits per heavy atom. The number of hydrogen-bond donors (Lipinski definition) is 0. The van der Waals surface area contributed by atoms with Crippen LogP contribution in [0.4, 0.5) is 4.39 Å². The number of halogens is 1. The molecule has 3 rings (SSSR count). The summed E-state index contributed by atoms with van der Waals surface area (Å²) in [6.45, 7) is 5.43. The van der Waals surface area contributed by atoms with Gasteiger partial charge in [0.25, 0.3) is 0 Å². The van der Waals surface area contributed by atoms with E-state index in [2.05, 4.69) is 4.90 Å². The van der Waals surface area contributed by atoms with Crippen molar-refractivity contribution in [1.29, 1.82) is 0 Å². The number of carbonyl (C=O) groups excluding carboxylic acids is 2. The van der Waals surface area contributed by atoms with Crippen LogP contribution in [-0.4, -0.2) is 85.5 Å². The lowest BCUT2D eigenvalue weighted by atomic mass is 10.2. The number of morpholine rings is 1. The van der Waals surface area contributed by atoms with Crippen molar-refractivity contribution in [1.82, 2.24) is 14.7 Å². The minimum absolute atomic E-state index is 0.0894. The molecule has 1 aromatic carbocycles. The van der Waals surface area contributed by atoms with Crippen LogP contribution in [0.25, 0.3) is 6.08 Å². The van der Waals surface area contributed by atoms with Crippen molar-refractivity contribution in [3.63, 3.8) is 0 Å². The fraction of sp³-hybridized carbons (Fsp3) is 0.474. The summed E-state index contributed by atoms with van der Waals surface area (Å²) in [5.41, 5.74) is 0.660. The van der Waals surface area contributed by atoms with Gasteiger partial charge in [0.05, 0.1) is 19.8 Å². The zero-order valence-electron chi connectivity index (χ0n) is 14.8. The summed E-state index contributed by atoms with van der Waals surface area (Å²) in [4.78, 5) is 30.2. The maximum absolute atomic E-state index is 13.2. The van der Waals surface area contributed by atoms with Crippen LogP contribution in [0.15, 0.2) is 30.3 Å². The number of amides is 2. The molecule has 26 heavy (non-hydrogen) atoms. The van der Waals surface area contributed by atoms with Crippen LogP contribution in [0, 0.1) is 5.82 Å². The number of piperazine rings is 1. The Balaban J connectivity index is 1.44. The molecule has 0 N–H and O–H groups in total. The van der Waals surface area contributed by atoms with Crippen molar-refractivity contribution in [3.8, 4) is 0 Å². The zero-order valence-corrected chi connectivity index (χ0v) is 14.8. The Bertz CT molecular complexity index is 666. The Hall–Kier alpha value is -2.25. The van der Waals surface area contributed by atoms with E-state index in [-0.39, 0.29) is 17.6 Å². The molecule has 0 aliphatic carbocycles. The average molecular weight is 361 g/mol. The standard InChI is InChI=1S/C19H24FN3O3/c20-17-3-1-2-16(14-17)4-5-18(24)22-8-6-21(7-9-22)15-19(25)23-10-12-26-13-11-23/h1-5,14H,6-13,15H2. The lowest BCUT2D eigenvalue weighted by molar-refractivity contribution is -0.137. The minimum Gasteiger partial charge on any atom is -0.378 e. The van der Waals surface area contributed by atoms with E-state index in [9.17, 15) is 14.0 Å². The third-order valence-electron chi connectivity index (χ3n) is 4.67. The maximum Gasteiger partial charge on any atom is 0.246 e. The van der Waals surface area contributed by atoms with E-state index in [0.29, 0.717) is 64.6 Å². The number of carbonyl (C=O) groups is 2. The van der Waals surface area contributed by atoms with E-state index in [1.165, 1.54) is 18.2 Å². The largest absolute Gasteiger partial charge is 0.378 e. The quantitative estimate of drug-likeness (QED) is 0.746. The Kier molecular flexibility index (Phi) is 6.35. The first-order valence-electron chi connectivity index (χ1n) is 8.92. The van der Waals surface area contributed by atoms with Crippen molar-refractivity contribution in [2.45, 2.75) is 0 Å². The van der Waals surface area contributed by atoms with Crippen LogP contribution in [0.5, 0.6) is 0 Å². The smallest absolute Gasteiger partial charge is 0.246 e. The highest BCUT2D eigenvalue weighted by Gasteiger charge is 2.24. The van der Waals surface area contributed by atoms with Gasteiger partial charge < -0.3 is 14.5 Å². The summed E-state index contributed by atoms with van der Waals surface area (Å²) >= 11 is 0. The molecule has 140 valence electrons. The van der Waals surface area contributed by atoms with Crippen molar-refractivity contribution in [2.24, 2.45) is 0 Å². The molecule has 2 saturated heterocycles. The molecule has 0 bridgehead atoms. The topological polar surface area (TPSA) is 53.1 Å². The van der Waals surface area contributed by atoms with Gasteiger partial charge in [0.15, 0.2) is 0 Å². The van der Waals surface area contributed by atoms with Gasteiger partial charge in [-0.25, -0.2) is 4.39 Å². The van der Waals surface area contributed by atoms with Crippen molar-refractivity contribution in [2.75, 3.05) is 59.0 Å². The molecule has 0 aromatic heterocycles. The van der Waals surface area contributed by atoms with Crippen molar-refractivity contribution in [3.05, 3.63) is 41.7 Å². The molecule has 6 nitrogen and oxygen atoms in total. The Labute approximate surface area is 152 Å². The molecule has 0 unspecified atom stereocenters. The summed E-state index contributed by atoms with van der Waals surface area (Å²) in [6, 6.07) is 6.13. The maximum atomic E-state index is 13.2. The molecule has 0 radical (unpaired) electrons.